The van der Waals surface area contributed by atoms with Gasteiger partial charge < -0.3 is 4.90 Å². The zero-order valence-electron chi connectivity index (χ0n) is 7.66. The van der Waals surface area contributed by atoms with Crippen LogP contribution < -0.4 is 0 Å². The van der Waals surface area contributed by atoms with Gasteiger partial charge in [-0.25, -0.2) is 0 Å². The molecule has 4 heteroatoms. The molecule has 0 bridgehead atoms. The highest BCUT2D eigenvalue weighted by atomic mass is 79.9. The van der Waals surface area contributed by atoms with E-state index in [2.05, 4.69) is 15.9 Å². The van der Waals surface area contributed by atoms with E-state index in [1.165, 1.54) is 0 Å². The lowest BCUT2D eigenvalue weighted by molar-refractivity contribution is 0.0758. The predicted molar refractivity (Wildman–Crippen MR) is 59.7 cm³/mol. The first kappa shape index (κ1) is 10.7. The summed E-state index contributed by atoms with van der Waals surface area (Å²) < 4.78 is 0. The number of amides is 1. The van der Waals surface area contributed by atoms with E-state index in [1.54, 1.807) is 16.2 Å². The Balaban J connectivity index is 2.68. The standard InChI is InChI=1S/C9H12BrNOS/c1-7(5-10)11(2)9(12)8-3-4-13-6-8/h3-4,6-7H,5H2,1-2H3. The maximum Gasteiger partial charge on any atom is 0.254 e. The molecule has 72 valence electrons. The molecule has 1 rings (SSSR count). The summed E-state index contributed by atoms with van der Waals surface area (Å²) in [5.74, 6) is 0.0909. The number of carbonyl (C=O) groups is 1. The zero-order valence-corrected chi connectivity index (χ0v) is 10.1. The quantitative estimate of drug-likeness (QED) is 0.767. The van der Waals surface area contributed by atoms with Gasteiger partial charge in [-0.3, -0.25) is 4.79 Å². The number of carbonyl (C=O) groups excluding carboxylic acids is 1. The zero-order chi connectivity index (χ0) is 9.84. The summed E-state index contributed by atoms with van der Waals surface area (Å²) in [5.41, 5.74) is 0.778. The van der Waals surface area contributed by atoms with Crippen LogP contribution in [-0.2, 0) is 0 Å². The van der Waals surface area contributed by atoms with Gasteiger partial charge in [0.25, 0.3) is 5.91 Å². The molecule has 1 aromatic heterocycles. The monoisotopic (exact) mass is 261 g/mol. The minimum absolute atomic E-state index is 0.0909. The van der Waals surface area contributed by atoms with Crippen LogP contribution in [0.15, 0.2) is 16.8 Å². The third-order valence-corrected chi connectivity index (χ3v) is 3.59. The molecule has 0 saturated carbocycles. The van der Waals surface area contributed by atoms with Crippen LogP contribution >= 0.6 is 27.3 Å². The highest BCUT2D eigenvalue weighted by molar-refractivity contribution is 9.09. The Labute approximate surface area is 90.7 Å². The molecular weight excluding hydrogens is 250 g/mol. The van der Waals surface area contributed by atoms with E-state index in [1.807, 2.05) is 30.8 Å². The molecule has 0 aliphatic rings. The molecular formula is C9H12BrNOS. The van der Waals surface area contributed by atoms with Crippen molar-refractivity contribution in [3.05, 3.63) is 22.4 Å². The molecule has 13 heavy (non-hydrogen) atoms. The average Bonchev–Trinajstić information content (AvgIpc) is 2.67. The van der Waals surface area contributed by atoms with Gasteiger partial charge in [0.05, 0.1) is 5.56 Å². The van der Waals surface area contributed by atoms with E-state index in [9.17, 15) is 4.79 Å². The predicted octanol–water partition coefficient (Wildman–Crippen LogP) is 2.60. The molecule has 1 unspecified atom stereocenters. The van der Waals surface area contributed by atoms with E-state index < -0.39 is 0 Å². The van der Waals surface area contributed by atoms with E-state index >= 15 is 0 Å². The fraction of sp³-hybridized carbons (Fsp3) is 0.444. The van der Waals surface area contributed by atoms with Gasteiger partial charge in [0.2, 0.25) is 0 Å². The summed E-state index contributed by atoms with van der Waals surface area (Å²) >= 11 is 4.90. The molecule has 1 heterocycles. The number of halogens is 1. The normalized spacial score (nSPS) is 12.5. The van der Waals surface area contributed by atoms with Gasteiger partial charge in [0, 0.05) is 23.8 Å². The Bertz CT molecular complexity index is 273. The number of hydrogen-bond acceptors (Lipinski definition) is 2. The fourth-order valence-corrected chi connectivity index (χ4v) is 1.96. The Hall–Kier alpha value is -0.350. The van der Waals surface area contributed by atoms with Gasteiger partial charge in [-0.1, -0.05) is 15.9 Å². The molecule has 0 spiro atoms. The molecule has 0 radical (unpaired) electrons. The lowest BCUT2D eigenvalue weighted by Gasteiger charge is -2.22. The van der Waals surface area contributed by atoms with Crippen molar-refractivity contribution in [1.82, 2.24) is 4.90 Å². The first-order chi connectivity index (χ1) is 6.16. The molecule has 1 aromatic rings. The molecule has 0 saturated heterocycles. The number of alkyl halides is 1. The van der Waals surface area contributed by atoms with E-state index in [4.69, 9.17) is 0 Å². The van der Waals surface area contributed by atoms with E-state index in [-0.39, 0.29) is 11.9 Å². The van der Waals surface area contributed by atoms with Gasteiger partial charge in [0.15, 0.2) is 0 Å². The second kappa shape index (κ2) is 4.77. The Kier molecular flexibility index (Phi) is 3.93. The molecule has 0 fully saturated rings. The van der Waals surface area contributed by atoms with Crippen LogP contribution in [0.25, 0.3) is 0 Å². The molecule has 0 aliphatic heterocycles. The van der Waals surface area contributed by atoms with Gasteiger partial charge in [-0.05, 0) is 18.4 Å². The van der Waals surface area contributed by atoms with Crippen molar-refractivity contribution in [2.45, 2.75) is 13.0 Å². The maximum absolute atomic E-state index is 11.7. The number of nitrogens with zero attached hydrogens (tertiary/aromatic N) is 1. The van der Waals surface area contributed by atoms with Crippen molar-refractivity contribution < 1.29 is 4.79 Å². The molecule has 2 nitrogen and oxygen atoms in total. The second-order valence-corrected chi connectivity index (χ2v) is 4.36. The molecule has 0 aliphatic carbocycles. The van der Waals surface area contributed by atoms with Crippen molar-refractivity contribution in [3.63, 3.8) is 0 Å². The van der Waals surface area contributed by atoms with Crippen LogP contribution in [0.1, 0.15) is 17.3 Å². The van der Waals surface area contributed by atoms with Gasteiger partial charge in [-0.2, -0.15) is 11.3 Å². The van der Waals surface area contributed by atoms with Gasteiger partial charge >= 0.3 is 0 Å². The highest BCUT2D eigenvalue weighted by Gasteiger charge is 2.16. The lowest BCUT2D eigenvalue weighted by atomic mass is 10.2. The third-order valence-electron chi connectivity index (χ3n) is 1.97. The first-order valence-electron chi connectivity index (χ1n) is 4.02. The largest absolute Gasteiger partial charge is 0.338 e. The summed E-state index contributed by atoms with van der Waals surface area (Å²) in [4.78, 5) is 13.5. The summed E-state index contributed by atoms with van der Waals surface area (Å²) in [6, 6.07) is 2.08. The van der Waals surface area contributed by atoms with Crippen molar-refractivity contribution in [2.75, 3.05) is 12.4 Å². The van der Waals surface area contributed by atoms with Crippen LogP contribution in [0.2, 0.25) is 0 Å². The van der Waals surface area contributed by atoms with Crippen LogP contribution in [0.3, 0.4) is 0 Å². The van der Waals surface area contributed by atoms with Crippen LogP contribution in [-0.4, -0.2) is 29.2 Å². The number of rotatable bonds is 3. The minimum atomic E-state index is 0.0909. The first-order valence-corrected chi connectivity index (χ1v) is 6.08. The average molecular weight is 262 g/mol. The fourth-order valence-electron chi connectivity index (χ4n) is 0.893. The van der Waals surface area contributed by atoms with Crippen molar-refractivity contribution in [2.24, 2.45) is 0 Å². The number of hydrogen-bond donors (Lipinski definition) is 0. The molecule has 0 aromatic carbocycles. The smallest absolute Gasteiger partial charge is 0.254 e. The van der Waals surface area contributed by atoms with Crippen LogP contribution in [0, 0.1) is 0 Å². The van der Waals surface area contributed by atoms with E-state index in [0.29, 0.717) is 0 Å². The summed E-state index contributed by atoms with van der Waals surface area (Å²) in [6.07, 6.45) is 0. The second-order valence-electron chi connectivity index (χ2n) is 2.93. The lowest BCUT2D eigenvalue weighted by Crippen LogP contribution is -2.35. The van der Waals surface area contributed by atoms with Crippen molar-refractivity contribution >= 4 is 33.2 Å². The number of thiophene rings is 1. The summed E-state index contributed by atoms with van der Waals surface area (Å²) in [7, 11) is 1.83. The Morgan fingerprint density at radius 1 is 1.77 bits per heavy atom. The van der Waals surface area contributed by atoms with E-state index in [0.717, 1.165) is 10.9 Å². The summed E-state index contributed by atoms with van der Waals surface area (Å²) in [6.45, 7) is 2.01. The Morgan fingerprint density at radius 3 is 2.92 bits per heavy atom. The summed E-state index contributed by atoms with van der Waals surface area (Å²) in [5, 5.41) is 4.60. The van der Waals surface area contributed by atoms with Gasteiger partial charge in [0.1, 0.15) is 0 Å². The highest BCUT2D eigenvalue weighted by Crippen LogP contribution is 2.11. The van der Waals surface area contributed by atoms with Gasteiger partial charge in [-0.15, -0.1) is 0 Å². The topological polar surface area (TPSA) is 20.3 Å². The van der Waals surface area contributed by atoms with Crippen molar-refractivity contribution in [3.8, 4) is 0 Å². The SMILES string of the molecule is CC(CBr)N(C)C(=O)c1ccsc1. The van der Waals surface area contributed by atoms with Crippen molar-refractivity contribution in [1.29, 1.82) is 0 Å². The maximum atomic E-state index is 11.7. The van der Waals surface area contributed by atoms with Crippen LogP contribution in [0.5, 0.6) is 0 Å². The van der Waals surface area contributed by atoms with Crippen LogP contribution in [0.4, 0.5) is 0 Å². The Morgan fingerprint density at radius 2 is 2.46 bits per heavy atom. The molecule has 1 atom stereocenters. The minimum Gasteiger partial charge on any atom is -0.338 e. The third kappa shape index (κ3) is 2.54. The molecule has 1 amide bonds. The molecule has 0 N–H and O–H groups in total.